The molecule has 0 radical (unpaired) electrons. The van der Waals surface area contributed by atoms with Crippen molar-refractivity contribution < 1.29 is 5.11 Å². The maximum absolute atomic E-state index is 10.1. The molecule has 2 rings (SSSR count). The molecule has 0 aliphatic rings. The second-order valence-corrected chi connectivity index (χ2v) is 4.30. The van der Waals surface area contributed by atoms with E-state index in [4.69, 9.17) is 0 Å². The number of hydrogen-bond acceptors (Lipinski definition) is 3. The topological polar surface area (TPSA) is 41.3 Å². The second kappa shape index (κ2) is 4.59. The molecule has 1 atom stereocenters. The van der Waals surface area contributed by atoms with Crippen molar-refractivity contribution in [3.05, 3.63) is 47.8 Å². The van der Waals surface area contributed by atoms with Crippen LogP contribution in [0.3, 0.4) is 0 Å². The Labute approximate surface area is 101 Å². The lowest BCUT2D eigenvalue weighted by molar-refractivity contribution is 0.214. The molecule has 0 aliphatic carbocycles. The Morgan fingerprint density at radius 3 is 2.29 bits per heavy atom. The molecular weight excluding hydrogens is 214 g/mol. The van der Waals surface area contributed by atoms with Gasteiger partial charge in [-0.25, -0.2) is 0 Å². The summed E-state index contributed by atoms with van der Waals surface area (Å²) in [6.07, 6.45) is 1.17. The first-order valence-corrected chi connectivity index (χ1v) is 5.53. The fourth-order valence-corrected chi connectivity index (χ4v) is 1.70. The molecule has 17 heavy (non-hydrogen) atoms. The van der Waals surface area contributed by atoms with E-state index in [0.29, 0.717) is 5.69 Å². The predicted octanol–water partition coefficient (Wildman–Crippen LogP) is 1.57. The summed E-state index contributed by atoms with van der Waals surface area (Å²) in [4.78, 5) is 2.02. The Hall–Kier alpha value is -1.81. The van der Waals surface area contributed by atoms with Crippen molar-refractivity contribution in [1.82, 2.24) is 9.78 Å². The van der Waals surface area contributed by atoms with Crippen LogP contribution in [0.4, 0.5) is 5.69 Å². The maximum Gasteiger partial charge on any atom is 0.123 e. The highest BCUT2D eigenvalue weighted by Crippen LogP contribution is 2.22. The summed E-state index contributed by atoms with van der Waals surface area (Å²) in [5.74, 6) is 0. The quantitative estimate of drug-likeness (QED) is 0.871. The number of aliphatic hydroxyl groups excluding tert-OH is 1. The minimum absolute atomic E-state index is 0.660. The SMILES string of the molecule is CN(C)c1ccc(C(O)c2ccn(C)n2)cc1. The fourth-order valence-electron chi connectivity index (χ4n) is 1.70. The van der Waals surface area contributed by atoms with Crippen molar-refractivity contribution in [2.24, 2.45) is 7.05 Å². The van der Waals surface area contributed by atoms with E-state index in [9.17, 15) is 5.11 Å². The maximum atomic E-state index is 10.1. The van der Waals surface area contributed by atoms with Gasteiger partial charge in [-0.05, 0) is 23.8 Å². The summed E-state index contributed by atoms with van der Waals surface area (Å²) in [6, 6.07) is 9.65. The Balaban J connectivity index is 2.22. The molecular formula is C13H17N3O. The number of hydrogen-bond donors (Lipinski definition) is 1. The normalized spacial score (nSPS) is 12.5. The van der Waals surface area contributed by atoms with Gasteiger partial charge in [0.05, 0.1) is 5.69 Å². The van der Waals surface area contributed by atoms with Gasteiger partial charge in [0.15, 0.2) is 0 Å². The minimum Gasteiger partial charge on any atom is -0.382 e. The predicted molar refractivity (Wildman–Crippen MR) is 68.0 cm³/mol. The van der Waals surface area contributed by atoms with Crippen molar-refractivity contribution in [3.8, 4) is 0 Å². The average molecular weight is 231 g/mol. The van der Waals surface area contributed by atoms with Crippen molar-refractivity contribution in [1.29, 1.82) is 0 Å². The van der Waals surface area contributed by atoms with Gasteiger partial charge in [0.25, 0.3) is 0 Å². The van der Waals surface area contributed by atoms with Crippen LogP contribution >= 0.6 is 0 Å². The Bertz CT molecular complexity index is 488. The van der Waals surface area contributed by atoms with E-state index in [-0.39, 0.29) is 0 Å². The van der Waals surface area contributed by atoms with Crippen molar-refractivity contribution in [2.75, 3.05) is 19.0 Å². The van der Waals surface area contributed by atoms with Crippen LogP contribution in [-0.2, 0) is 7.05 Å². The summed E-state index contributed by atoms with van der Waals surface area (Å²) in [5.41, 5.74) is 2.64. The molecule has 4 heteroatoms. The molecule has 1 aromatic heterocycles. The highest BCUT2D eigenvalue weighted by Gasteiger charge is 2.12. The third-order valence-corrected chi connectivity index (χ3v) is 2.74. The molecule has 0 fully saturated rings. The van der Waals surface area contributed by atoms with Crippen molar-refractivity contribution in [3.63, 3.8) is 0 Å². The zero-order valence-corrected chi connectivity index (χ0v) is 10.3. The van der Waals surface area contributed by atoms with E-state index < -0.39 is 6.10 Å². The van der Waals surface area contributed by atoms with Crippen LogP contribution in [0.15, 0.2) is 36.5 Å². The first-order valence-electron chi connectivity index (χ1n) is 5.53. The van der Waals surface area contributed by atoms with Crippen LogP contribution in [-0.4, -0.2) is 29.0 Å². The highest BCUT2D eigenvalue weighted by molar-refractivity contribution is 5.46. The standard InChI is InChI=1S/C13H17N3O/c1-15(2)11-6-4-10(5-7-11)13(17)12-8-9-16(3)14-12/h4-9,13,17H,1-3H3. The van der Waals surface area contributed by atoms with Gasteiger partial charge in [-0.3, -0.25) is 4.68 Å². The van der Waals surface area contributed by atoms with Gasteiger partial charge in [0.1, 0.15) is 6.10 Å². The lowest BCUT2D eigenvalue weighted by atomic mass is 10.1. The average Bonchev–Trinajstić information content (AvgIpc) is 2.75. The molecule has 0 bridgehead atoms. The van der Waals surface area contributed by atoms with Gasteiger partial charge in [-0.15, -0.1) is 0 Å². The third kappa shape index (κ3) is 2.47. The molecule has 0 saturated heterocycles. The minimum atomic E-state index is -0.660. The van der Waals surface area contributed by atoms with Crippen LogP contribution < -0.4 is 4.90 Å². The van der Waals surface area contributed by atoms with Crippen LogP contribution in [0.2, 0.25) is 0 Å². The molecule has 1 heterocycles. The molecule has 2 aromatic rings. The third-order valence-electron chi connectivity index (χ3n) is 2.74. The Morgan fingerprint density at radius 1 is 1.18 bits per heavy atom. The monoisotopic (exact) mass is 231 g/mol. The summed E-state index contributed by atoms with van der Waals surface area (Å²) < 4.78 is 1.69. The molecule has 1 unspecified atom stereocenters. The van der Waals surface area contributed by atoms with E-state index in [0.717, 1.165) is 11.3 Å². The van der Waals surface area contributed by atoms with Crippen LogP contribution in [0, 0.1) is 0 Å². The van der Waals surface area contributed by atoms with Gasteiger partial charge in [-0.1, -0.05) is 12.1 Å². The summed E-state index contributed by atoms with van der Waals surface area (Å²) in [5, 5.41) is 14.3. The molecule has 1 N–H and O–H groups in total. The fraction of sp³-hybridized carbons (Fsp3) is 0.308. The largest absolute Gasteiger partial charge is 0.382 e. The molecule has 0 saturated carbocycles. The lowest BCUT2D eigenvalue weighted by Crippen LogP contribution is -2.09. The molecule has 90 valence electrons. The molecule has 4 nitrogen and oxygen atoms in total. The van der Waals surface area contributed by atoms with E-state index >= 15 is 0 Å². The number of aryl methyl sites for hydroxylation is 1. The zero-order chi connectivity index (χ0) is 12.4. The van der Waals surface area contributed by atoms with Gasteiger partial charge < -0.3 is 10.0 Å². The van der Waals surface area contributed by atoms with Gasteiger partial charge in [-0.2, -0.15) is 5.10 Å². The van der Waals surface area contributed by atoms with Crippen molar-refractivity contribution >= 4 is 5.69 Å². The van der Waals surface area contributed by atoms with Gasteiger partial charge in [0, 0.05) is 33.0 Å². The van der Waals surface area contributed by atoms with E-state index in [2.05, 4.69) is 5.10 Å². The Kier molecular flexibility index (Phi) is 3.15. The smallest absolute Gasteiger partial charge is 0.123 e. The Morgan fingerprint density at radius 2 is 1.82 bits per heavy atom. The molecule has 0 amide bonds. The van der Waals surface area contributed by atoms with Crippen LogP contribution in [0.25, 0.3) is 0 Å². The first-order chi connectivity index (χ1) is 8.08. The van der Waals surface area contributed by atoms with Crippen molar-refractivity contribution in [2.45, 2.75) is 6.10 Å². The van der Waals surface area contributed by atoms with E-state index in [1.807, 2.05) is 62.6 Å². The number of benzene rings is 1. The highest BCUT2D eigenvalue weighted by atomic mass is 16.3. The number of aromatic nitrogens is 2. The number of nitrogens with zero attached hydrogens (tertiary/aromatic N) is 3. The molecule has 0 aliphatic heterocycles. The second-order valence-electron chi connectivity index (χ2n) is 4.30. The number of aliphatic hydroxyl groups is 1. The van der Waals surface area contributed by atoms with Gasteiger partial charge >= 0.3 is 0 Å². The number of anilines is 1. The van der Waals surface area contributed by atoms with Gasteiger partial charge in [0.2, 0.25) is 0 Å². The number of rotatable bonds is 3. The van der Waals surface area contributed by atoms with Crippen LogP contribution in [0.1, 0.15) is 17.4 Å². The zero-order valence-electron chi connectivity index (χ0n) is 10.3. The van der Waals surface area contributed by atoms with Crippen LogP contribution in [0.5, 0.6) is 0 Å². The van der Waals surface area contributed by atoms with E-state index in [1.165, 1.54) is 0 Å². The summed E-state index contributed by atoms with van der Waals surface area (Å²) in [7, 11) is 5.82. The molecule has 0 spiro atoms. The summed E-state index contributed by atoms with van der Waals surface area (Å²) in [6.45, 7) is 0. The molecule has 1 aromatic carbocycles. The van der Waals surface area contributed by atoms with E-state index in [1.54, 1.807) is 4.68 Å². The lowest BCUT2D eigenvalue weighted by Gasteiger charge is -2.14. The summed E-state index contributed by atoms with van der Waals surface area (Å²) >= 11 is 0. The first kappa shape index (κ1) is 11.7.